The maximum Gasteiger partial charge on any atom is 0.130 e. The molecule has 4 heteroatoms. The number of hydrogen-bond acceptors (Lipinski definition) is 3. The number of anilines is 1. The second-order valence-electron chi connectivity index (χ2n) is 3.98. The Morgan fingerprint density at radius 3 is 2.60 bits per heavy atom. The summed E-state index contributed by atoms with van der Waals surface area (Å²) in [6, 6.07) is 5.99. The third-order valence-corrected chi connectivity index (χ3v) is 2.89. The molecule has 0 saturated carbocycles. The molecule has 15 heavy (non-hydrogen) atoms. The van der Waals surface area contributed by atoms with Gasteiger partial charge in [0, 0.05) is 13.1 Å². The number of halogens is 1. The van der Waals surface area contributed by atoms with Crippen molar-refractivity contribution in [3.8, 4) is 0 Å². The van der Waals surface area contributed by atoms with Gasteiger partial charge in [-0.1, -0.05) is 6.07 Å². The summed E-state index contributed by atoms with van der Waals surface area (Å²) in [5.41, 5.74) is 0. The van der Waals surface area contributed by atoms with Crippen LogP contribution in [0.1, 0.15) is 13.8 Å². The van der Waals surface area contributed by atoms with Crippen LogP contribution in [0.3, 0.4) is 0 Å². The van der Waals surface area contributed by atoms with E-state index in [1.54, 1.807) is 0 Å². The molecule has 0 bridgehead atoms. The maximum atomic E-state index is 5.69. The molecule has 2 rings (SSSR count). The third kappa shape index (κ3) is 2.69. The van der Waals surface area contributed by atoms with Gasteiger partial charge in [0.2, 0.25) is 0 Å². The molecule has 1 fully saturated rings. The average Bonchev–Trinajstić information content (AvgIpc) is 2.16. The van der Waals surface area contributed by atoms with E-state index in [2.05, 4.69) is 39.7 Å². The Balaban J connectivity index is 2.16. The Bertz CT molecular complexity index is 335. The molecule has 1 unspecified atom stereocenters. The molecular formula is C11H15BrN2O. The lowest BCUT2D eigenvalue weighted by atomic mass is 10.2. The molecule has 1 aliphatic heterocycles. The Morgan fingerprint density at radius 2 is 2.00 bits per heavy atom. The standard InChI is InChI=1S/C11H15BrN2O/c1-8-6-14(7-9(2)15-8)11-5-3-4-10(12)13-11/h3-5,8-9H,6-7H2,1-2H3/t8-,9?/m0/s1. The van der Waals surface area contributed by atoms with Crippen molar-refractivity contribution in [3.63, 3.8) is 0 Å². The third-order valence-electron chi connectivity index (χ3n) is 2.44. The van der Waals surface area contributed by atoms with E-state index in [0.717, 1.165) is 23.5 Å². The van der Waals surface area contributed by atoms with Crippen LogP contribution >= 0.6 is 15.9 Å². The second-order valence-corrected chi connectivity index (χ2v) is 4.79. The second kappa shape index (κ2) is 4.49. The smallest absolute Gasteiger partial charge is 0.130 e. The van der Waals surface area contributed by atoms with Crippen LogP contribution in [0.4, 0.5) is 5.82 Å². The van der Waals surface area contributed by atoms with Gasteiger partial charge in [0.15, 0.2) is 0 Å². The summed E-state index contributed by atoms with van der Waals surface area (Å²) < 4.78 is 6.57. The van der Waals surface area contributed by atoms with Gasteiger partial charge in [-0.05, 0) is 41.9 Å². The topological polar surface area (TPSA) is 25.4 Å². The summed E-state index contributed by atoms with van der Waals surface area (Å²) in [7, 11) is 0. The van der Waals surface area contributed by atoms with Crippen LogP contribution in [0, 0.1) is 0 Å². The van der Waals surface area contributed by atoms with Crippen molar-refractivity contribution in [2.45, 2.75) is 26.1 Å². The van der Waals surface area contributed by atoms with Crippen LogP contribution in [0.5, 0.6) is 0 Å². The first-order valence-corrected chi connectivity index (χ1v) is 5.97. The fourth-order valence-electron chi connectivity index (χ4n) is 1.94. The zero-order chi connectivity index (χ0) is 10.8. The number of hydrogen-bond donors (Lipinski definition) is 0. The first-order chi connectivity index (χ1) is 7.15. The van der Waals surface area contributed by atoms with E-state index >= 15 is 0 Å². The van der Waals surface area contributed by atoms with Gasteiger partial charge >= 0.3 is 0 Å². The van der Waals surface area contributed by atoms with Crippen LogP contribution in [-0.4, -0.2) is 30.3 Å². The normalized spacial score (nSPS) is 26.7. The van der Waals surface area contributed by atoms with Gasteiger partial charge in [0.05, 0.1) is 12.2 Å². The molecule has 0 aromatic carbocycles. The Kier molecular flexibility index (Phi) is 3.26. The minimum absolute atomic E-state index is 0.273. The summed E-state index contributed by atoms with van der Waals surface area (Å²) in [6.45, 7) is 6.02. The quantitative estimate of drug-likeness (QED) is 0.734. The van der Waals surface area contributed by atoms with Gasteiger partial charge in [-0.2, -0.15) is 0 Å². The van der Waals surface area contributed by atoms with Gasteiger partial charge < -0.3 is 9.64 Å². The molecule has 2 atom stereocenters. The molecule has 3 nitrogen and oxygen atoms in total. The van der Waals surface area contributed by atoms with E-state index in [4.69, 9.17) is 4.74 Å². The fraction of sp³-hybridized carbons (Fsp3) is 0.545. The molecule has 2 heterocycles. The molecule has 1 aromatic heterocycles. The van der Waals surface area contributed by atoms with Gasteiger partial charge in [-0.3, -0.25) is 0 Å². The first-order valence-electron chi connectivity index (χ1n) is 5.18. The number of pyridine rings is 1. The molecule has 0 N–H and O–H groups in total. The summed E-state index contributed by atoms with van der Waals surface area (Å²) in [5, 5.41) is 0. The van der Waals surface area contributed by atoms with Gasteiger partial charge in [0.25, 0.3) is 0 Å². The number of ether oxygens (including phenoxy) is 1. The van der Waals surface area contributed by atoms with Crippen molar-refractivity contribution in [2.24, 2.45) is 0 Å². The highest BCUT2D eigenvalue weighted by molar-refractivity contribution is 9.10. The van der Waals surface area contributed by atoms with Crippen LogP contribution in [-0.2, 0) is 4.74 Å². The fourth-order valence-corrected chi connectivity index (χ4v) is 2.27. The van der Waals surface area contributed by atoms with Crippen molar-refractivity contribution in [3.05, 3.63) is 22.8 Å². The molecule has 82 valence electrons. The molecule has 1 saturated heterocycles. The van der Waals surface area contributed by atoms with Crippen molar-refractivity contribution < 1.29 is 4.74 Å². The van der Waals surface area contributed by atoms with Crippen molar-refractivity contribution in [2.75, 3.05) is 18.0 Å². The van der Waals surface area contributed by atoms with Crippen LogP contribution < -0.4 is 4.90 Å². The SMILES string of the molecule is CC1CN(c2cccc(Br)n2)C[C@H](C)O1. The first kappa shape index (κ1) is 10.9. The molecule has 1 aliphatic rings. The van der Waals surface area contributed by atoms with Gasteiger partial charge in [-0.25, -0.2) is 4.98 Å². The molecule has 0 aliphatic carbocycles. The van der Waals surface area contributed by atoms with Gasteiger partial charge in [-0.15, -0.1) is 0 Å². The lowest BCUT2D eigenvalue weighted by molar-refractivity contribution is -0.00546. The lowest BCUT2D eigenvalue weighted by Gasteiger charge is -2.36. The van der Waals surface area contributed by atoms with E-state index in [9.17, 15) is 0 Å². The van der Waals surface area contributed by atoms with Crippen molar-refractivity contribution >= 4 is 21.7 Å². The zero-order valence-corrected chi connectivity index (χ0v) is 10.6. The van der Waals surface area contributed by atoms with E-state index in [1.165, 1.54) is 0 Å². The molecule has 0 spiro atoms. The zero-order valence-electron chi connectivity index (χ0n) is 8.98. The number of aromatic nitrogens is 1. The number of rotatable bonds is 1. The van der Waals surface area contributed by atoms with Crippen LogP contribution in [0.2, 0.25) is 0 Å². The minimum atomic E-state index is 0.273. The summed E-state index contributed by atoms with van der Waals surface area (Å²) in [5.74, 6) is 1.02. The predicted molar refractivity (Wildman–Crippen MR) is 64.2 cm³/mol. The molecule has 1 aromatic rings. The van der Waals surface area contributed by atoms with E-state index in [0.29, 0.717) is 0 Å². The average molecular weight is 271 g/mol. The minimum Gasteiger partial charge on any atom is -0.372 e. The lowest BCUT2D eigenvalue weighted by Crippen LogP contribution is -2.45. The number of nitrogens with zero attached hydrogens (tertiary/aromatic N) is 2. The summed E-state index contributed by atoms with van der Waals surface area (Å²) in [6.07, 6.45) is 0.545. The highest BCUT2D eigenvalue weighted by Gasteiger charge is 2.22. The van der Waals surface area contributed by atoms with E-state index in [1.807, 2.05) is 18.2 Å². The Hall–Kier alpha value is -0.610. The van der Waals surface area contributed by atoms with E-state index in [-0.39, 0.29) is 12.2 Å². The van der Waals surface area contributed by atoms with Gasteiger partial charge in [0.1, 0.15) is 10.4 Å². The van der Waals surface area contributed by atoms with E-state index < -0.39 is 0 Å². The summed E-state index contributed by atoms with van der Waals surface area (Å²) in [4.78, 5) is 6.72. The highest BCUT2D eigenvalue weighted by Crippen LogP contribution is 2.19. The van der Waals surface area contributed by atoms with Crippen molar-refractivity contribution in [1.29, 1.82) is 0 Å². The Labute approximate surface area is 98.6 Å². The largest absolute Gasteiger partial charge is 0.372 e. The molecule has 0 amide bonds. The monoisotopic (exact) mass is 270 g/mol. The molecular weight excluding hydrogens is 256 g/mol. The summed E-state index contributed by atoms with van der Waals surface area (Å²) >= 11 is 3.39. The van der Waals surface area contributed by atoms with Crippen molar-refractivity contribution in [1.82, 2.24) is 4.98 Å². The number of morpholine rings is 1. The molecule has 0 radical (unpaired) electrons. The Morgan fingerprint density at radius 1 is 1.33 bits per heavy atom. The van der Waals surface area contributed by atoms with Crippen LogP contribution in [0.15, 0.2) is 22.8 Å². The maximum absolute atomic E-state index is 5.69. The van der Waals surface area contributed by atoms with Crippen LogP contribution in [0.25, 0.3) is 0 Å². The highest BCUT2D eigenvalue weighted by atomic mass is 79.9. The predicted octanol–water partition coefficient (Wildman–Crippen LogP) is 2.46.